The predicted octanol–water partition coefficient (Wildman–Crippen LogP) is 2.63. The van der Waals surface area contributed by atoms with Crippen LogP contribution in [-0.4, -0.2) is 39.5 Å². The van der Waals surface area contributed by atoms with E-state index in [1.165, 1.54) is 12.1 Å². The number of allylic oxidation sites excluding steroid dienone is 2. The van der Waals surface area contributed by atoms with Gasteiger partial charge in [-0.05, 0) is 62.1 Å². The number of hydrogen-bond donors (Lipinski definition) is 4. The van der Waals surface area contributed by atoms with Gasteiger partial charge in [-0.2, -0.15) is 0 Å². The van der Waals surface area contributed by atoms with Crippen molar-refractivity contribution in [1.29, 1.82) is 0 Å². The van der Waals surface area contributed by atoms with Crippen LogP contribution in [0.15, 0.2) is 24.3 Å². The van der Waals surface area contributed by atoms with E-state index in [4.69, 9.17) is 10.5 Å². The van der Waals surface area contributed by atoms with E-state index in [0.717, 1.165) is 19.3 Å². The Hall–Kier alpha value is -2.87. The summed E-state index contributed by atoms with van der Waals surface area (Å²) >= 11 is 0. The second kappa shape index (κ2) is 6.57. The predicted molar refractivity (Wildman–Crippen MR) is 115 cm³/mol. The molecule has 0 radical (unpaired) electrons. The average molecular weight is 440 g/mol. The van der Waals surface area contributed by atoms with Gasteiger partial charge in [0.25, 0.3) is 5.91 Å². The van der Waals surface area contributed by atoms with Crippen LogP contribution in [0.25, 0.3) is 0 Å². The van der Waals surface area contributed by atoms with Crippen LogP contribution in [-0.2, 0) is 14.3 Å². The maximum absolute atomic E-state index is 13.1. The second-order valence-corrected chi connectivity index (χ2v) is 10.4. The number of ketones is 1. The molecule has 170 valence electrons. The van der Waals surface area contributed by atoms with Crippen LogP contribution in [0, 0.1) is 22.7 Å². The van der Waals surface area contributed by atoms with Crippen molar-refractivity contribution in [2.45, 2.75) is 57.7 Å². The second-order valence-electron chi connectivity index (χ2n) is 10.4. The first-order chi connectivity index (χ1) is 15.0. The minimum atomic E-state index is -0.880. The highest BCUT2D eigenvalue weighted by molar-refractivity contribution is 6.02. The Kier molecular flexibility index (Phi) is 4.31. The molecule has 1 spiro atoms. The van der Waals surface area contributed by atoms with Crippen molar-refractivity contribution in [1.82, 2.24) is 0 Å². The van der Waals surface area contributed by atoms with Gasteiger partial charge in [-0.25, -0.2) is 0 Å². The molecule has 4 bridgehead atoms. The number of hydrogen-bond acceptors (Lipinski definition) is 6. The highest BCUT2D eigenvalue weighted by Crippen LogP contribution is 2.71. The lowest BCUT2D eigenvalue weighted by Gasteiger charge is -2.55. The number of carbonyl (C=O) groups is 3. The van der Waals surface area contributed by atoms with Crippen LogP contribution in [0.2, 0.25) is 0 Å². The van der Waals surface area contributed by atoms with Crippen LogP contribution < -0.4 is 11.1 Å². The van der Waals surface area contributed by atoms with Crippen molar-refractivity contribution >= 4 is 23.3 Å². The number of phenolic OH excluding ortho intramolecular Hbond substituents is 1. The Morgan fingerprint density at radius 2 is 2.03 bits per heavy atom. The van der Waals surface area contributed by atoms with Crippen molar-refractivity contribution in [3.05, 3.63) is 29.8 Å². The zero-order valence-electron chi connectivity index (χ0n) is 18.2. The quantitative estimate of drug-likeness (QED) is 0.519. The zero-order valence-corrected chi connectivity index (χ0v) is 18.2. The summed E-state index contributed by atoms with van der Waals surface area (Å²) in [6.45, 7) is 4.11. The van der Waals surface area contributed by atoms with Gasteiger partial charge in [-0.1, -0.05) is 13.0 Å². The van der Waals surface area contributed by atoms with Crippen LogP contribution in [0.1, 0.15) is 56.3 Å². The molecule has 2 aliphatic heterocycles. The maximum Gasteiger partial charge on any atom is 0.252 e. The van der Waals surface area contributed by atoms with E-state index in [9.17, 15) is 24.6 Å². The molecule has 1 aromatic rings. The third-order valence-corrected chi connectivity index (χ3v) is 8.47. The zero-order chi connectivity index (χ0) is 23.1. The lowest BCUT2D eigenvalue weighted by Crippen LogP contribution is -2.56. The number of benzene rings is 1. The average Bonchev–Trinajstić information content (AvgIpc) is 3.08. The molecule has 2 heterocycles. The fourth-order valence-corrected chi connectivity index (χ4v) is 7.12. The molecular weight excluding hydrogens is 412 g/mol. The first kappa shape index (κ1) is 21.0. The van der Waals surface area contributed by atoms with E-state index >= 15 is 0 Å². The summed E-state index contributed by atoms with van der Waals surface area (Å²) in [6.07, 6.45) is 6.99. The lowest BCUT2D eigenvalue weighted by molar-refractivity contribution is -0.169. The number of anilines is 1. The summed E-state index contributed by atoms with van der Waals surface area (Å²) in [5.41, 5.74) is 3.82. The van der Waals surface area contributed by atoms with Gasteiger partial charge in [0.15, 0.2) is 11.5 Å². The van der Waals surface area contributed by atoms with Gasteiger partial charge in [0, 0.05) is 17.8 Å². The monoisotopic (exact) mass is 440 g/mol. The third-order valence-electron chi connectivity index (χ3n) is 8.47. The summed E-state index contributed by atoms with van der Waals surface area (Å²) in [6, 6.07) is 2.36. The number of nitrogens with two attached hydrogens (primary N) is 1. The molecule has 2 saturated heterocycles. The molecule has 8 nitrogen and oxygen atoms in total. The van der Waals surface area contributed by atoms with Crippen molar-refractivity contribution < 1.29 is 29.3 Å². The van der Waals surface area contributed by atoms with E-state index in [-0.39, 0.29) is 52.2 Å². The molecule has 2 amide bonds. The van der Waals surface area contributed by atoms with Crippen molar-refractivity contribution in [2.75, 3.05) is 5.32 Å². The van der Waals surface area contributed by atoms with E-state index in [0.29, 0.717) is 12.3 Å². The topological polar surface area (TPSA) is 139 Å². The normalized spacial score (nSPS) is 38.7. The summed E-state index contributed by atoms with van der Waals surface area (Å²) in [4.78, 5) is 37.3. The van der Waals surface area contributed by atoms with Crippen LogP contribution in [0.5, 0.6) is 11.5 Å². The Labute approximate surface area is 185 Å². The molecule has 1 aromatic carbocycles. The minimum absolute atomic E-state index is 0.00454. The molecule has 6 unspecified atom stereocenters. The summed E-state index contributed by atoms with van der Waals surface area (Å²) < 4.78 is 6.42. The van der Waals surface area contributed by atoms with Gasteiger partial charge < -0.3 is 26.0 Å². The fraction of sp³-hybridized carbons (Fsp3) is 0.542. The molecular formula is C24H28N2O6. The van der Waals surface area contributed by atoms with Crippen LogP contribution in [0.3, 0.4) is 0 Å². The van der Waals surface area contributed by atoms with Gasteiger partial charge in [0.1, 0.15) is 11.4 Å². The van der Waals surface area contributed by atoms with E-state index in [1.54, 1.807) is 6.08 Å². The van der Waals surface area contributed by atoms with Crippen molar-refractivity contribution in [2.24, 2.45) is 28.4 Å². The third kappa shape index (κ3) is 2.75. The summed E-state index contributed by atoms with van der Waals surface area (Å²) in [5, 5.41) is 22.7. The van der Waals surface area contributed by atoms with Crippen LogP contribution in [0.4, 0.5) is 5.69 Å². The molecule has 8 heteroatoms. The number of rotatable bonds is 5. The van der Waals surface area contributed by atoms with Gasteiger partial charge >= 0.3 is 0 Å². The molecule has 5 aliphatic rings. The maximum atomic E-state index is 13.1. The SMILES string of the molecule is CC12CC34C=CC(=O)C(C)(CCC(=O)Nc5c(O)ccc(C(N)=O)c5O)C3C(CC1C4)O2. The van der Waals surface area contributed by atoms with Crippen molar-refractivity contribution in [3.63, 3.8) is 0 Å². The van der Waals surface area contributed by atoms with Gasteiger partial charge in [0.05, 0.1) is 17.3 Å². The first-order valence-electron chi connectivity index (χ1n) is 11.1. The first-order valence-corrected chi connectivity index (χ1v) is 11.1. The smallest absolute Gasteiger partial charge is 0.252 e. The molecule has 0 aromatic heterocycles. The summed E-state index contributed by atoms with van der Waals surface area (Å²) in [7, 11) is 0. The molecule has 3 aliphatic carbocycles. The number of amides is 2. The molecule has 32 heavy (non-hydrogen) atoms. The molecule has 4 fully saturated rings. The Balaban J connectivity index is 1.36. The van der Waals surface area contributed by atoms with Gasteiger partial charge in [-0.15, -0.1) is 0 Å². The van der Waals surface area contributed by atoms with Gasteiger partial charge in [0.2, 0.25) is 5.91 Å². The Morgan fingerprint density at radius 3 is 2.72 bits per heavy atom. The van der Waals surface area contributed by atoms with Gasteiger partial charge in [-0.3, -0.25) is 14.4 Å². The molecule has 6 atom stereocenters. The van der Waals surface area contributed by atoms with Crippen LogP contribution >= 0.6 is 0 Å². The molecule has 5 N–H and O–H groups in total. The highest BCUT2D eigenvalue weighted by Gasteiger charge is 2.71. The Morgan fingerprint density at radius 1 is 1.28 bits per heavy atom. The Bertz CT molecular complexity index is 1080. The van der Waals surface area contributed by atoms with E-state index < -0.39 is 23.0 Å². The number of nitrogens with one attached hydrogen (secondary N) is 1. The fourth-order valence-electron chi connectivity index (χ4n) is 7.12. The summed E-state index contributed by atoms with van der Waals surface area (Å²) in [5.74, 6) is -1.78. The van der Waals surface area contributed by atoms with E-state index in [1.807, 2.05) is 6.92 Å². The number of aromatic hydroxyl groups is 2. The number of ether oxygens (including phenoxy) is 1. The molecule has 2 saturated carbocycles. The minimum Gasteiger partial charge on any atom is -0.506 e. The number of carbonyl (C=O) groups excluding carboxylic acids is 3. The number of primary amides is 1. The van der Waals surface area contributed by atoms with Crippen molar-refractivity contribution in [3.8, 4) is 11.5 Å². The number of phenols is 2. The lowest BCUT2D eigenvalue weighted by atomic mass is 9.51. The highest BCUT2D eigenvalue weighted by atomic mass is 16.5. The largest absolute Gasteiger partial charge is 0.506 e. The molecule has 6 rings (SSSR count). The van der Waals surface area contributed by atoms with E-state index in [2.05, 4.69) is 18.3 Å². The standard InChI is InChI=1S/C24H28N2O6/c1-22(7-6-17(29)26-18-14(27)4-3-13(19(18)30)21(25)31)16(28)5-8-24-10-12-9-15(20(22)24)32-23(12,2)11-24/h3-5,8,12,15,20,27,30H,6-7,9-11H2,1-2H3,(H2,25,31)(H,26,29).